The second-order valence-corrected chi connectivity index (χ2v) is 7.04. The molecule has 5 heteroatoms. The van der Waals surface area contributed by atoms with Crippen LogP contribution in [0.4, 0.5) is 5.82 Å². The van der Waals surface area contributed by atoms with E-state index in [9.17, 15) is 0 Å². The smallest absolute Gasteiger partial charge is 0.224 e. The zero-order valence-electron chi connectivity index (χ0n) is 13.5. The third-order valence-electron chi connectivity index (χ3n) is 4.97. The molecule has 2 aromatic rings. The predicted molar refractivity (Wildman–Crippen MR) is 95.1 cm³/mol. The number of piperidine rings is 1. The molecule has 0 spiro atoms. The Bertz CT molecular complexity index is 691. The molecule has 2 aliphatic rings. The molecule has 1 aromatic heterocycles. The van der Waals surface area contributed by atoms with Gasteiger partial charge in [0.1, 0.15) is 5.82 Å². The number of rotatable bonds is 3. The average molecular weight is 331 g/mol. The Balaban J connectivity index is 1.67. The Labute approximate surface area is 142 Å². The Hall–Kier alpha value is -1.39. The average Bonchev–Trinajstić information content (AvgIpc) is 3.07. The van der Waals surface area contributed by atoms with Crippen LogP contribution in [0.5, 0.6) is 0 Å². The molecule has 122 valence electrons. The fraction of sp³-hybridized carbons (Fsp3) is 0.556. The van der Waals surface area contributed by atoms with Crippen molar-refractivity contribution in [3.05, 3.63) is 29.0 Å². The van der Waals surface area contributed by atoms with Crippen LogP contribution in [0.15, 0.2) is 18.2 Å². The van der Waals surface area contributed by atoms with Gasteiger partial charge in [-0.2, -0.15) is 4.98 Å². The Kier molecular flexibility index (Phi) is 4.36. The van der Waals surface area contributed by atoms with E-state index in [2.05, 4.69) is 38.0 Å². The summed E-state index contributed by atoms with van der Waals surface area (Å²) in [6, 6.07) is 6.60. The Morgan fingerprint density at radius 2 is 1.65 bits per heavy atom. The summed E-state index contributed by atoms with van der Waals surface area (Å²) in [5.74, 6) is 1.01. The first-order valence-electron chi connectivity index (χ1n) is 8.73. The maximum absolute atomic E-state index is 6.21. The summed E-state index contributed by atoms with van der Waals surface area (Å²) in [4.78, 5) is 13.9. The normalized spacial score (nSPS) is 19.6. The number of nitrogens with zero attached hydrogens (tertiary/aromatic N) is 4. The van der Waals surface area contributed by atoms with Crippen molar-refractivity contribution in [3.63, 3.8) is 0 Å². The maximum atomic E-state index is 6.21. The molecular formula is C18H23ClN4. The topological polar surface area (TPSA) is 32.3 Å². The summed E-state index contributed by atoms with van der Waals surface area (Å²) in [7, 11) is 0. The third-order valence-corrected chi connectivity index (χ3v) is 5.14. The van der Waals surface area contributed by atoms with Gasteiger partial charge in [-0.25, -0.2) is 4.98 Å². The molecule has 0 unspecified atom stereocenters. The van der Waals surface area contributed by atoms with Gasteiger partial charge in [-0.05, 0) is 74.5 Å². The molecule has 0 saturated carbocycles. The van der Waals surface area contributed by atoms with Gasteiger partial charge in [-0.15, -0.1) is 0 Å². The molecule has 0 N–H and O–H groups in total. The molecule has 2 saturated heterocycles. The van der Waals surface area contributed by atoms with E-state index in [0.717, 1.165) is 36.4 Å². The first-order valence-corrected chi connectivity index (χ1v) is 9.11. The minimum absolute atomic E-state index is 0.358. The van der Waals surface area contributed by atoms with Gasteiger partial charge >= 0.3 is 0 Å². The van der Waals surface area contributed by atoms with Gasteiger partial charge in [0.15, 0.2) is 0 Å². The fourth-order valence-electron chi connectivity index (χ4n) is 3.77. The van der Waals surface area contributed by atoms with Gasteiger partial charge in [0.2, 0.25) is 5.28 Å². The van der Waals surface area contributed by atoms with E-state index in [1.54, 1.807) is 0 Å². The van der Waals surface area contributed by atoms with E-state index < -0.39 is 0 Å². The number of anilines is 1. The summed E-state index contributed by atoms with van der Waals surface area (Å²) >= 11 is 6.21. The monoisotopic (exact) mass is 330 g/mol. The van der Waals surface area contributed by atoms with Crippen molar-refractivity contribution in [2.45, 2.75) is 38.6 Å². The first kappa shape index (κ1) is 15.2. The van der Waals surface area contributed by atoms with Crippen molar-refractivity contribution in [1.82, 2.24) is 14.9 Å². The van der Waals surface area contributed by atoms with Crippen molar-refractivity contribution < 1.29 is 0 Å². The van der Waals surface area contributed by atoms with Crippen LogP contribution >= 0.6 is 11.6 Å². The molecule has 4 rings (SSSR count). The van der Waals surface area contributed by atoms with E-state index in [0.29, 0.717) is 5.28 Å². The zero-order valence-corrected chi connectivity index (χ0v) is 14.2. The summed E-state index contributed by atoms with van der Waals surface area (Å²) < 4.78 is 0. The lowest BCUT2D eigenvalue weighted by Crippen LogP contribution is -2.30. The molecule has 0 atom stereocenters. The number of halogens is 1. The van der Waals surface area contributed by atoms with Crippen LogP contribution in [0.1, 0.15) is 37.7 Å². The molecule has 0 aliphatic carbocycles. The number of fused-ring (bicyclic) bond motifs is 1. The molecule has 0 bridgehead atoms. The second kappa shape index (κ2) is 6.62. The standard InChI is InChI=1S/C18H23ClN4/c19-18-20-16-12-14(13-22-8-4-5-9-22)6-7-15(16)17(21-18)23-10-2-1-3-11-23/h6-7,12H,1-5,8-11,13H2. The molecule has 23 heavy (non-hydrogen) atoms. The molecular weight excluding hydrogens is 308 g/mol. The van der Waals surface area contributed by atoms with E-state index in [4.69, 9.17) is 11.6 Å². The third kappa shape index (κ3) is 3.29. The van der Waals surface area contributed by atoms with Crippen LogP contribution in [-0.2, 0) is 6.54 Å². The summed E-state index contributed by atoms with van der Waals surface area (Å²) in [6.45, 7) is 5.57. The van der Waals surface area contributed by atoms with Crippen molar-refractivity contribution in [2.75, 3.05) is 31.1 Å². The van der Waals surface area contributed by atoms with Crippen LogP contribution in [0.2, 0.25) is 5.28 Å². The molecule has 0 radical (unpaired) electrons. The van der Waals surface area contributed by atoms with Crippen LogP contribution in [0.25, 0.3) is 10.9 Å². The quantitative estimate of drug-likeness (QED) is 0.800. The van der Waals surface area contributed by atoms with Gasteiger partial charge in [-0.1, -0.05) is 6.07 Å². The fourth-order valence-corrected chi connectivity index (χ4v) is 3.95. The number of hydrogen-bond donors (Lipinski definition) is 0. The molecule has 2 fully saturated rings. The number of hydrogen-bond acceptors (Lipinski definition) is 4. The molecule has 4 nitrogen and oxygen atoms in total. The highest BCUT2D eigenvalue weighted by atomic mass is 35.5. The zero-order chi connectivity index (χ0) is 15.6. The highest BCUT2D eigenvalue weighted by Gasteiger charge is 2.18. The highest BCUT2D eigenvalue weighted by molar-refractivity contribution is 6.28. The summed E-state index contributed by atoms with van der Waals surface area (Å²) in [5, 5.41) is 1.48. The summed E-state index contributed by atoms with van der Waals surface area (Å²) in [6.07, 6.45) is 6.42. The SMILES string of the molecule is Clc1nc(N2CCCCC2)c2ccc(CN3CCCC3)cc2n1. The van der Waals surface area contributed by atoms with Crippen molar-refractivity contribution in [3.8, 4) is 0 Å². The molecule has 3 heterocycles. The van der Waals surface area contributed by atoms with Crippen molar-refractivity contribution in [1.29, 1.82) is 0 Å². The largest absolute Gasteiger partial charge is 0.356 e. The lowest BCUT2D eigenvalue weighted by atomic mass is 10.1. The Morgan fingerprint density at radius 1 is 0.913 bits per heavy atom. The highest BCUT2D eigenvalue weighted by Crippen LogP contribution is 2.29. The second-order valence-electron chi connectivity index (χ2n) is 6.70. The maximum Gasteiger partial charge on any atom is 0.224 e. The lowest BCUT2D eigenvalue weighted by Gasteiger charge is -2.28. The lowest BCUT2D eigenvalue weighted by molar-refractivity contribution is 0.331. The van der Waals surface area contributed by atoms with E-state index in [-0.39, 0.29) is 0 Å². The molecule has 0 amide bonds. The van der Waals surface area contributed by atoms with E-state index >= 15 is 0 Å². The van der Waals surface area contributed by atoms with Gasteiger partial charge in [-0.3, -0.25) is 4.90 Å². The van der Waals surface area contributed by atoms with Gasteiger partial charge in [0, 0.05) is 25.0 Å². The Morgan fingerprint density at radius 3 is 2.43 bits per heavy atom. The minimum atomic E-state index is 0.358. The predicted octanol–water partition coefficient (Wildman–Crippen LogP) is 3.87. The minimum Gasteiger partial charge on any atom is -0.356 e. The van der Waals surface area contributed by atoms with Crippen LogP contribution in [-0.4, -0.2) is 41.0 Å². The van der Waals surface area contributed by atoms with Crippen LogP contribution in [0, 0.1) is 0 Å². The van der Waals surface area contributed by atoms with Gasteiger partial charge in [0.05, 0.1) is 5.52 Å². The van der Waals surface area contributed by atoms with E-state index in [1.807, 2.05) is 0 Å². The molecule has 2 aliphatic heterocycles. The number of benzene rings is 1. The number of aromatic nitrogens is 2. The number of likely N-dealkylation sites (tertiary alicyclic amines) is 1. The summed E-state index contributed by atoms with van der Waals surface area (Å²) in [5.41, 5.74) is 2.29. The van der Waals surface area contributed by atoms with Crippen LogP contribution in [0.3, 0.4) is 0 Å². The van der Waals surface area contributed by atoms with Crippen molar-refractivity contribution >= 4 is 28.3 Å². The van der Waals surface area contributed by atoms with Gasteiger partial charge in [0.25, 0.3) is 0 Å². The molecule has 1 aromatic carbocycles. The van der Waals surface area contributed by atoms with Crippen molar-refractivity contribution in [2.24, 2.45) is 0 Å². The first-order chi connectivity index (χ1) is 11.3. The van der Waals surface area contributed by atoms with E-state index in [1.165, 1.54) is 50.8 Å². The van der Waals surface area contributed by atoms with Crippen LogP contribution < -0.4 is 4.90 Å². The van der Waals surface area contributed by atoms with Gasteiger partial charge < -0.3 is 4.90 Å².